The summed E-state index contributed by atoms with van der Waals surface area (Å²) in [6.45, 7) is 2.66. The van der Waals surface area contributed by atoms with Gasteiger partial charge >= 0.3 is 0 Å². The van der Waals surface area contributed by atoms with Crippen LogP contribution in [0.15, 0.2) is 12.1 Å². The van der Waals surface area contributed by atoms with Crippen molar-refractivity contribution in [1.29, 1.82) is 0 Å². The highest BCUT2D eigenvalue weighted by molar-refractivity contribution is 7.13. The summed E-state index contributed by atoms with van der Waals surface area (Å²) in [7, 11) is 1.78. The van der Waals surface area contributed by atoms with Gasteiger partial charge in [0.05, 0.1) is 4.88 Å². The fourth-order valence-corrected chi connectivity index (χ4v) is 1.46. The van der Waals surface area contributed by atoms with Gasteiger partial charge in [-0.1, -0.05) is 0 Å². The number of thiophene rings is 1. The summed E-state index contributed by atoms with van der Waals surface area (Å²) in [5, 5.41) is 2.80. The topological polar surface area (TPSA) is 72.2 Å². The van der Waals surface area contributed by atoms with E-state index in [9.17, 15) is 9.59 Å². The van der Waals surface area contributed by atoms with E-state index in [1.165, 1.54) is 16.2 Å². The Morgan fingerprint density at radius 2 is 2.27 bits per heavy atom. The molecule has 1 amide bonds. The number of rotatable bonds is 4. The van der Waals surface area contributed by atoms with Gasteiger partial charge in [0.1, 0.15) is 0 Å². The third-order valence-corrected chi connectivity index (χ3v) is 2.42. The standard InChI is InChI=1S/C6H6OS.C4H10N2O/c1-5-2-3-6(4-7)8-5;1-6-3-2-4(5)7/h2-4H,1H3;6H,2-3H2,1H3,(H2,5,7). The third kappa shape index (κ3) is 7.84. The molecule has 3 N–H and O–H groups in total. The van der Waals surface area contributed by atoms with E-state index in [1.54, 1.807) is 7.05 Å². The second-order valence-corrected chi connectivity index (χ2v) is 4.21. The van der Waals surface area contributed by atoms with Gasteiger partial charge in [0, 0.05) is 17.8 Å². The lowest BCUT2D eigenvalue weighted by molar-refractivity contribution is -0.117. The van der Waals surface area contributed by atoms with Crippen LogP contribution in [-0.4, -0.2) is 25.8 Å². The number of primary amides is 1. The molecule has 1 aromatic heterocycles. The Labute approximate surface area is 93.5 Å². The van der Waals surface area contributed by atoms with Crippen molar-refractivity contribution in [3.8, 4) is 0 Å². The first-order valence-electron chi connectivity index (χ1n) is 4.54. The van der Waals surface area contributed by atoms with E-state index in [0.29, 0.717) is 13.0 Å². The molecule has 0 saturated carbocycles. The van der Waals surface area contributed by atoms with Crippen LogP contribution < -0.4 is 11.1 Å². The fraction of sp³-hybridized carbons (Fsp3) is 0.400. The maximum Gasteiger partial charge on any atom is 0.218 e. The summed E-state index contributed by atoms with van der Waals surface area (Å²) >= 11 is 1.52. The van der Waals surface area contributed by atoms with Crippen molar-refractivity contribution < 1.29 is 9.59 Å². The zero-order chi connectivity index (χ0) is 11.7. The number of hydrogen-bond donors (Lipinski definition) is 2. The number of carbonyl (C=O) groups excluding carboxylic acids is 2. The summed E-state index contributed by atoms with van der Waals surface area (Å²) in [6.07, 6.45) is 1.30. The highest BCUT2D eigenvalue weighted by Crippen LogP contribution is 2.11. The molecule has 0 aliphatic carbocycles. The lowest BCUT2D eigenvalue weighted by Gasteiger charge is -1.89. The molecule has 0 atom stereocenters. The number of nitrogens with one attached hydrogen (secondary N) is 1. The number of nitrogens with two attached hydrogens (primary N) is 1. The van der Waals surface area contributed by atoms with Gasteiger partial charge < -0.3 is 11.1 Å². The largest absolute Gasteiger partial charge is 0.370 e. The van der Waals surface area contributed by atoms with Gasteiger partial charge in [-0.15, -0.1) is 11.3 Å². The molecule has 84 valence electrons. The van der Waals surface area contributed by atoms with Crippen molar-refractivity contribution in [1.82, 2.24) is 5.32 Å². The quantitative estimate of drug-likeness (QED) is 0.754. The Kier molecular flexibility index (Phi) is 7.49. The normalized spacial score (nSPS) is 8.93. The van der Waals surface area contributed by atoms with E-state index in [0.717, 1.165) is 11.2 Å². The number of aryl methyl sites for hydroxylation is 1. The van der Waals surface area contributed by atoms with Gasteiger partial charge in [-0.25, -0.2) is 0 Å². The number of aldehydes is 1. The van der Waals surface area contributed by atoms with Crippen molar-refractivity contribution in [2.24, 2.45) is 5.73 Å². The molecule has 0 unspecified atom stereocenters. The van der Waals surface area contributed by atoms with Crippen LogP contribution in [0.2, 0.25) is 0 Å². The molecule has 0 aliphatic rings. The Balaban J connectivity index is 0.000000265. The molecule has 0 spiro atoms. The molecular weight excluding hydrogens is 212 g/mol. The lowest BCUT2D eigenvalue weighted by atomic mass is 10.4. The van der Waals surface area contributed by atoms with Crippen molar-refractivity contribution in [3.63, 3.8) is 0 Å². The summed E-state index contributed by atoms with van der Waals surface area (Å²) in [5.41, 5.74) is 4.80. The molecule has 0 bridgehead atoms. The SMILES string of the molecule is CNCCC(N)=O.Cc1ccc(C=O)s1. The van der Waals surface area contributed by atoms with Crippen LogP contribution in [0, 0.1) is 6.92 Å². The van der Waals surface area contributed by atoms with Crippen molar-refractivity contribution in [2.45, 2.75) is 13.3 Å². The molecule has 1 aromatic rings. The molecule has 15 heavy (non-hydrogen) atoms. The average Bonchev–Trinajstić information content (AvgIpc) is 2.62. The Morgan fingerprint density at radius 3 is 2.47 bits per heavy atom. The Bertz CT molecular complexity index is 310. The van der Waals surface area contributed by atoms with Crippen molar-refractivity contribution in [2.75, 3.05) is 13.6 Å². The minimum atomic E-state index is -0.255. The van der Waals surface area contributed by atoms with E-state index in [2.05, 4.69) is 5.32 Å². The van der Waals surface area contributed by atoms with E-state index < -0.39 is 0 Å². The molecule has 0 aromatic carbocycles. The van der Waals surface area contributed by atoms with Crippen LogP contribution in [-0.2, 0) is 4.79 Å². The highest BCUT2D eigenvalue weighted by Gasteiger charge is 1.90. The van der Waals surface area contributed by atoms with Crippen molar-refractivity contribution in [3.05, 3.63) is 21.9 Å². The summed E-state index contributed by atoms with van der Waals surface area (Å²) < 4.78 is 0. The summed E-state index contributed by atoms with van der Waals surface area (Å²) in [6, 6.07) is 3.77. The predicted molar refractivity (Wildman–Crippen MR) is 62.2 cm³/mol. The summed E-state index contributed by atoms with van der Waals surface area (Å²) in [4.78, 5) is 22.0. The molecule has 0 radical (unpaired) electrons. The fourth-order valence-electron chi connectivity index (χ4n) is 0.765. The van der Waals surface area contributed by atoms with Gasteiger partial charge in [0.25, 0.3) is 0 Å². The van der Waals surface area contributed by atoms with Gasteiger partial charge in [-0.2, -0.15) is 0 Å². The Morgan fingerprint density at radius 1 is 1.60 bits per heavy atom. The number of hydrogen-bond acceptors (Lipinski definition) is 4. The molecule has 5 heteroatoms. The first kappa shape index (κ1) is 13.8. The first-order chi connectivity index (χ1) is 7.10. The maximum atomic E-state index is 10.0. The second-order valence-electron chi connectivity index (χ2n) is 2.89. The lowest BCUT2D eigenvalue weighted by Crippen LogP contribution is -2.18. The van der Waals surface area contributed by atoms with Crippen LogP contribution in [0.5, 0.6) is 0 Å². The van der Waals surface area contributed by atoms with Crippen LogP contribution in [0.3, 0.4) is 0 Å². The van der Waals surface area contributed by atoms with Gasteiger partial charge in [0.2, 0.25) is 5.91 Å². The molecule has 0 aliphatic heterocycles. The van der Waals surface area contributed by atoms with Crippen LogP contribution >= 0.6 is 11.3 Å². The smallest absolute Gasteiger partial charge is 0.218 e. The van der Waals surface area contributed by atoms with Gasteiger partial charge in [0.15, 0.2) is 6.29 Å². The number of amides is 1. The van der Waals surface area contributed by atoms with Gasteiger partial charge in [-0.05, 0) is 26.1 Å². The average molecular weight is 228 g/mol. The maximum absolute atomic E-state index is 10.0. The molecule has 0 saturated heterocycles. The molecule has 4 nitrogen and oxygen atoms in total. The second kappa shape index (κ2) is 8.14. The monoisotopic (exact) mass is 228 g/mol. The van der Waals surface area contributed by atoms with E-state index in [4.69, 9.17) is 5.73 Å². The van der Waals surface area contributed by atoms with E-state index in [-0.39, 0.29) is 5.91 Å². The third-order valence-electron chi connectivity index (χ3n) is 1.50. The van der Waals surface area contributed by atoms with E-state index >= 15 is 0 Å². The van der Waals surface area contributed by atoms with Crippen LogP contribution in [0.4, 0.5) is 0 Å². The molecular formula is C10H16N2O2S. The van der Waals surface area contributed by atoms with Gasteiger partial charge in [-0.3, -0.25) is 9.59 Å². The molecule has 1 heterocycles. The first-order valence-corrected chi connectivity index (χ1v) is 5.36. The van der Waals surface area contributed by atoms with E-state index in [1.807, 2.05) is 19.1 Å². The minimum absolute atomic E-state index is 0.255. The number of carbonyl (C=O) groups is 2. The van der Waals surface area contributed by atoms with Crippen LogP contribution in [0.25, 0.3) is 0 Å². The zero-order valence-corrected chi connectivity index (χ0v) is 9.76. The molecule has 0 fully saturated rings. The van der Waals surface area contributed by atoms with Crippen molar-refractivity contribution >= 4 is 23.5 Å². The zero-order valence-electron chi connectivity index (χ0n) is 8.95. The summed E-state index contributed by atoms with van der Waals surface area (Å²) in [5.74, 6) is -0.255. The molecule has 1 rings (SSSR count). The minimum Gasteiger partial charge on any atom is -0.370 e. The highest BCUT2D eigenvalue weighted by atomic mass is 32.1. The predicted octanol–water partition coefficient (Wildman–Crippen LogP) is 0.950. The Hall–Kier alpha value is -1.20. The van der Waals surface area contributed by atoms with Crippen LogP contribution in [0.1, 0.15) is 21.0 Å².